The summed E-state index contributed by atoms with van der Waals surface area (Å²) in [5.74, 6) is 0. The summed E-state index contributed by atoms with van der Waals surface area (Å²) in [5.41, 5.74) is 6.27. The van der Waals surface area contributed by atoms with E-state index in [2.05, 4.69) is 69.0 Å². The molecular weight excluding hydrogens is 216 g/mol. The number of rotatable bonds is 3. The molecule has 0 aromatic heterocycles. The number of hydrogen-bond acceptors (Lipinski definition) is 0. The van der Waals surface area contributed by atoms with Crippen LogP contribution in [-0.4, -0.2) is 0 Å². The Morgan fingerprint density at radius 3 is 2.39 bits per heavy atom. The molecule has 0 aliphatic rings. The van der Waals surface area contributed by atoms with Gasteiger partial charge in [0, 0.05) is 0 Å². The Hall–Kier alpha value is -2.08. The molecule has 2 rings (SSSR count). The highest BCUT2D eigenvalue weighted by Crippen LogP contribution is 2.25. The first-order valence-electron chi connectivity index (χ1n) is 6.18. The Kier molecular flexibility index (Phi) is 3.78. The van der Waals surface area contributed by atoms with Crippen LogP contribution in [0.5, 0.6) is 0 Å². The smallest absolute Gasteiger partial charge is 0.0125 e. The van der Waals surface area contributed by atoms with E-state index in [1.54, 1.807) is 0 Å². The van der Waals surface area contributed by atoms with Crippen molar-refractivity contribution in [3.63, 3.8) is 0 Å². The molecule has 0 aliphatic heterocycles. The van der Waals surface area contributed by atoms with Gasteiger partial charge in [0.1, 0.15) is 0 Å². The molecule has 2 aromatic rings. The predicted molar refractivity (Wildman–Crippen MR) is 81.3 cm³/mol. The minimum Gasteiger partial charge on any atom is -0.0984 e. The molecule has 0 aliphatic carbocycles. The lowest BCUT2D eigenvalue weighted by atomic mass is 9.94. The highest BCUT2D eigenvalue weighted by atomic mass is 14.1. The molecular formula is C18H18. The van der Waals surface area contributed by atoms with Gasteiger partial charge < -0.3 is 0 Å². The zero-order valence-corrected chi connectivity index (χ0v) is 11.0. The normalized spacial score (nSPS) is 11.3. The van der Waals surface area contributed by atoms with E-state index in [1.165, 1.54) is 27.8 Å². The van der Waals surface area contributed by atoms with Gasteiger partial charge in [-0.3, -0.25) is 0 Å². The zero-order chi connectivity index (χ0) is 13.0. The Morgan fingerprint density at radius 2 is 1.72 bits per heavy atom. The Bertz CT molecular complexity index is 574. The molecule has 0 bridgehead atoms. The summed E-state index contributed by atoms with van der Waals surface area (Å²) in [6.45, 7) is 8.19. The molecule has 0 saturated heterocycles. The summed E-state index contributed by atoms with van der Waals surface area (Å²) in [5, 5.41) is 0. The topological polar surface area (TPSA) is 0 Å². The van der Waals surface area contributed by atoms with Crippen LogP contribution < -0.4 is 0 Å². The van der Waals surface area contributed by atoms with Crippen LogP contribution in [0.25, 0.3) is 17.7 Å². The van der Waals surface area contributed by atoms with Crippen molar-refractivity contribution in [1.82, 2.24) is 0 Å². The van der Waals surface area contributed by atoms with Crippen LogP contribution in [-0.2, 0) is 0 Å². The number of hydrogen-bond donors (Lipinski definition) is 0. The van der Waals surface area contributed by atoms with Crippen LogP contribution in [0, 0.1) is 6.92 Å². The van der Waals surface area contributed by atoms with Gasteiger partial charge in [-0.25, -0.2) is 0 Å². The van der Waals surface area contributed by atoms with Gasteiger partial charge in [-0.05, 0) is 41.7 Å². The van der Waals surface area contributed by atoms with Crippen molar-refractivity contribution in [3.05, 3.63) is 77.4 Å². The van der Waals surface area contributed by atoms with E-state index in [4.69, 9.17) is 0 Å². The molecule has 0 heterocycles. The van der Waals surface area contributed by atoms with Crippen molar-refractivity contribution in [3.8, 4) is 0 Å². The third-order valence-electron chi connectivity index (χ3n) is 3.10. The first kappa shape index (κ1) is 12.4. The fraction of sp³-hybridized carbons (Fsp3) is 0.111. The number of allylic oxidation sites excluding steroid dienone is 1. The molecule has 90 valence electrons. The van der Waals surface area contributed by atoms with E-state index in [0.717, 1.165) is 0 Å². The highest BCUT2D eigenvalue weighted by Gasteiger charge is 2.04. The predicted octanol–water partition coefficient (Wildman–Crippen LogP) is 5.20. The van der Waals surface area contributed by atoms with Crippen molar-refractivity contribution < 1.29 is 0 Å². The minimum absolute atomic E-state index is 1.19. The molecule has 0 spiro atoms. The molecule has 0 fully saturated rings. The van der Waals surface area contributed by atoms with Gasteiger partial charge >= 0.3 is 0 Å². The number of aryl methyl sites for hydroxylation is 1. The molecule has 0 heteroatoms. The van der Waals surface area contributed by atoms with Crippen LogP contribution in [0.15, 0.2) is 55.1 Å². The van der Waals surface area contributed by atoms with Gasteiger partial charge in [-0.15, -0.1) is 0 Å². The summed E-state index contributed by atoms with van der Waals surface area (Å²) in [6.07, 6.45) is 4.14. The molecule has 0 nitrogen and oxygen atoms in total. The molecule has 0 amide bonds. The van der Waals surface area contributed by atoms with Crippen molar-refractivity contribution in [1.29, 1.82) is 0 Å². The first-order valence-corrected chi connectivity index (χ1v) is 6.18. The quantitative estimate of drug-likeness (QED) is 0.640. The minimum atomic E-state index is 1.19. The largest absolute Gasteiger partial charge is 0.0984 e. The molecule has 0 unspecified atom stereocenters. The van der Waals surface area contributed by atoms with Crippen LogP contribution in [0.4, 0.5) is 0 Å². The van der Waals surface area contributed by atoms with Crippen LogP contribution in [0.1, 0.15) is 29.2 Å². The van der Waals surface area contributed by atoms with Gasteiger partial charge in [0.2, 0.25) is 0 Å². The standard InChI is InChI=1S/C18H18/c1-4-17-12-8-9-14(2)18(17)15(3)13-16-10-6-5-7-11-16/h4-13H,1H2,2-3H3. The van der Waals surface area contributed by atoms with E-state index in [1.807, 2.05) is 12.1 Å². The average molecular weight is 234 g/mol. The summed E-state index contributed by atoms with van der Waals surface area (Å²) in [6, 6.07) is 16.7. The van der Waals surface area contributed by atoms with E-state index < -0.39 is 0 Å². The Morgan fingerprint density at radius 1 is 1.00 bits per heavy atom. The Labute approximate surface area is 109 Å². The maximum atomic E-state index is 3.89. The van der Waals surface area contributed by atoms with E-state index in [9.17, 15) is 0 Å². The second kappa shape index (κ2) is 5.50. The lowest BCUT2D eigenvalue weighted by Crippen LogP contribution is -1.90. The van der Waals surface area contributed by atoms with Gasteiger partial charge in [0.25, 0.3) is 0 Å². The zero-order valence-electron chi connectivity index (χ0n) is 11.0. The monoisotopic (exact) mass is 234 g/mol. The third kappa shape index (κ3) is 2.60. The van der Waals surface area contributed by atoms with Crippen molar-refractivity contribution in [2.75, 3.05) is 0 Å². The maximum absolute atomic E-state index is 3.89. The second-order valence-corrected chi connectivity index (χ2v) is 4.48. The fourth-order valence-electron chi connectivity index (χ4n) is 2.27. The van der Waals surface area contributed by atoms with E-state index in [-0.39, 0.29) is 0 Å². The summed E-state index contributed by atoms with van der Waals surface area (Å²) in [4.78, 5) is 0. The molecule has 2 aromatic carbocycles. The number of benzene rings is 2. The van der Waals surface area contributed by atoms with Crippen molar-refractivity contribution in [2.24, 2.45) is 0 Å². The highest BCUT2D eigenvalue weighted by molar-refractivity contribution is 5.85. The maximum Gasteiger partial charge on any atom is -0.0125 e. The van der Waals surface area contributed by atoms with Crippen LogP contribution in [0.2, 0.25) is 0 Å². The SMILES string of the molecule is C=Cc1cccc(C)c1C(C)=Cc1ccccc1. The molecule has 0 N–H and O–H groups in total. The van der Waals surface area contributed by atoms with E-state index in [0.29, 0.717) is 0 Å². The van der Waals surface area contributed by atoms with Gasteiger partial charge in [0.15, 0.2) is 0 Å². The molecule has 0 saturated carbocycles. The molecule has 0 radical (unpaired) electrons. The van der Waals surface area contributed by atoms with Gasteiger partial charge in [-0.2, -0.15) is 0 Å². The van der Waals surface area contributed by atoms with E-state index >= 15 is 0 Å². The van der Waals surface area contributed by atoms with Gasteiger partial charge in [-0.1, -0.05) is 67.3 Å². The lowest BCUT2D eigenvalue weighted by molar-refractivity contribution is 1.40. The van der Waals surface area contributed by atoms with Crippen molar-refractivity contribution >= 4 is 17.7 Å². The molecule has 0 atom stereocenters. The van der Waals surface area contributed by atoms with Crippen LogP contribution >= 0.6 is 0 Å². The Balaban J connectivity index is 2.49. The van der Waals surface area contributed by atoms with Gasteiger partial charge in [0.05, 0.1) is 0 Å². The van der Waals surface area contributed by atoms with Crippen LogP contribution in [0.3, 0.4) is 0 Å². The summed E-state index contributed by atoms with van der Waals surface area (Å²) >= 11 is 0. The molecule has 18 heavy (non-hydrogen) atoms. The summed E-state index contributed by atoms with van der Waals surface area (Å²) in [7, 11) is 0. The second-order valence-electron chi connectivity index (χ2n) is 4.48. The average Bonchev–Trinajstić information content (AvgIpc) is 2.39. The van der Waals surface area contributed by atoms with Crippen molar-refractivity contribution in [2.45, 2.75) is 13.8 Å². The summed E-state index contributed by atoms with van der Waals surface area (Å²) < 4.78 is 0. The third-order valence-corrected chi connectivity index (χ3v) is 3.10. The first-order chi connectivity index (χ1) is 8.72. The lowest BCUT2D eigenvalue weighted by Gasteiger charge is -2.10. The fourth-order valence-corrected chi connectivity index (χ4v) is 2.27.